The van der Waals surface area contributed by atoms with Crippen LogP contribution in [0.1, 0.15) is 33.6 Å². The summed E-state index contributed by atoms with van der Waals surface area (Å²) in [4.78, 5) is 25.0. The average Bonchev–Trinajstić information content (AvgIpc) is 2.25. The molecule has 1 heterocycles. The zero-order chi connectivity index (χ0) is 13.9. The minimum Gasteiger partial charge on any atom is -0.444 e. The third-order valence-corrected chi connectivity index (χ3v) is 2.73. The van der Waals surface area contributed by atoms with Gasteiger partial charge >= 0.3 is 6.09 Å². The summed E-state index contributed by atoms with van der Waals surface area (Å²) in [5, 5.41) is 12.1. The number of carbonyl (C=O) groups is 2. The molecule has 0 saturated carbocycles. The first-order valence-corrected chi connectivity index (χ1v) is 6.14. The Labute approximate surface area is 107 Å². The normalized spacial score (nSPS) is 24.6. The molecule has 0 unspecified atom stereocenters. The van der Waals surface area contributed by atoms with Crippen molar-refractivity contribution in [3.8, 4) is 0 Å². The number of aliphatic hydroxyl groups is 1. The van der Waals surface area contributed by atoms with Crippen molar-refractivity contribution < 1.29 is 19.4 Å². The molecular formula is C12H22N2O4. The van der Waals surface area contributed by atoms with E-state index in [1.54, 1.807) is 20.8 Å². The smallest absolute Gasteiger partial charge is 0.411 e. The largest absolute Gasteiger partial charge is 0.444 e. The molecular weight excluding hydrogens is 236 g/mol. The van der Waals surface area contributed by atoms with E-state index in [1.165, 1.54) is 11.9 Å². The molecule has 1 saturated heterocycles. The fourth-order valence-electron chi connectivity index (χ4n) is 1.91. The van der Waals surface area contributed by atoms with Gasteiger partial charge < -0.3 is 15.2 Å². The molecule has 0 aliphatic carbocycles. The first-order chi connectivity index (χ1) is 8.24. The number of piperidine rings is 1. The van der Waals surface area contributed by atoms with Crippen LogP contribution >= 0.6 is 0 Å². The molecule has 6 heteroatoms. The maximum Gasteiger partial charge on any atom is 0.411 e. The van der Waals surface area contributed by atoms with Gasteiger partial charge in [-0.05, 0) is 33.6 Å². The molecule has 18 heavy (non-hydrogen) atoms. The maximum absolute atomic E-state index is 12.0. The van der Waals surface area contributed by atoms with Crippen LogP contribution in [0.2, 0.25) is 0 Å². The van der Waals surface area contributed by atoms with Crippen molar-refractivity contribution in [3.05, 3.63) is 0 Å². The van der Waals surface area contributed by atoms with E-state index in [0.717, 1.165) is 0 Å². The number of likely N-dealkylation sites (tertiary alicyclic amines) is 1. The fourth-order valence-corrected chi connectivity index (χ4v) is 1.91. The van der Waals surface area contributed by atoms with Crippen molar-refractivity contribution in [1.29, 1.82) is 0 Å². The van der Waals surface area contributed by atoms with Crippen molar-refractivity contribution in [2.24, 2.45) is 0 Å². The zero-order valence-corrected chi connectivity index (χ0v) is 11.4. The van der Waals surface area contributed by atoms with Gasteiger partial charge in [-0.15, -0.1) is 0 Å². The molecule has 1 fully saturated rings. The van der Waals surface area contributed by atoms with Gasteiger partial charge in [-0.3, -0.25) is 9.69 Å². The van der Waals surface area contributed by atoms with Crippen LogP contribution in [0.5, 0.6) is 0 Å². The molecule has 6 nitrogen and oxygen atoms in total. The molecule has 1 rings (SSSR count). The SMILES string of the molecule is CNC(=O)[C@@H]1CC[C@H](O)CN1C(=O)OC(C)(C)C. The number of hydrogen-bond acceptors (Lipinski definition) is 4. The minimum atomic E-state index is -0.618. The first-order valence-electron chi connectivity index (χ1n) is 6.14. The van der Waals surface area contributed by atoms with Crippen molar-refractivity contribution in [2.75, 3.05) is 13.6 Å². The second-order valence-corrected chi connectivity index (χ2v) is 5.49. The average molecular weight is 258 g/mol. The second-order valence-electron chi connectivity index (χ2n) is 5.49. The highest BCUT2D eigenvalue weighted by atomic mass is 16.6. The molecule has 0 radical (unpaired) electrons. The summed E-state index contributed by atoms with van der Waals surface area (Å²) in [6.45, 7) is 5.42. The number of nitrogens with one attached hydrogen (secondary N) is 1. The number of likely N-dealkylation sites (N-methyl/N-ethyl adjacent to an activating group) is 1. The van der Waals surface area contributed by atoms with E-state index in [9.17, 15) is 14.7 Å². The van der Waals surface area contributed by atoms with E-state index < -0.39 is 23.8 Å². The summed E-state index contributed by atoms with van der Waals surface area (Å²) in [6.07, 6.45) is -0.203. The highest BCUT2D eigenvalue weighted by Crippen LogP contribution is 2.20. The number of β-amino-alcohol motifs (C(OH)–C–C–N with tert-alkyl or cyclic N) is 1. The lowest BCUT2D eigenvalue weighted by Crippen LogP contribution is -2.55. The van der Waals surface area contributed by atoms with E-state index >= 15 is 0 Å². The molecule has 2 atom stereocenters. The van der Waals surface area contributed by atoms with Gasteiger partial charge in [0.1, 0.15) is 11.6 Å². The summed E-state index contributed by atoms with van der Waals surface area (Å²) in [7, 11) is 1.53. The molecule has 0 spiro atoms. The molecule has 0 aromatic rings. The van der Waals surface area contributed by atoms with E-state index in [1.807, 2.05) is 0 Å². The topological polar surface area (TPSA) is 78.9 Å². The van der Waals surface area contributed by atoms with Gasteiger partial charge in [-0.25, -0.2) is 4.79 Å². The van der Waals surface area contributed by atoms with E-state index in [2.05, 4.69) is 5.32 Å². The Balaban J connectivity index is 2.78. The number of hydrogen-bond donors (Lipinski definition) is 2. The molecule has 0 aromatic carbocycles. The summed E-state index contributed by atoms with van der Waals surface area (Å²) in [5.41, 5.74) is -0.618. The van der Waals surface area contributed by atoms with Gasteiger partial charge in [0, 0.05) is 7.05 Å². The number of ether oxygens (including phenoxy) is 1. The summed E-state index contributed by atoms with van der Waals surface area (Å²) in [6, 6.07) is -0.562. The molecule has 1 aliphatic heterocycles. The minimum absolute atomic E-state index is 0.132. The second kappa shape index (κ2) is 5.56. The lowest BCUT2D eigenvalue weighted by atomic mass is 10.00. The highest BCUT2D eigenvalue weighted by molar-refractivity contribution is 5.85. The van der Waals surface area contributed by atoms with E-state index in [-0.39, 0.29) is 12.5 Å². The lowest BCUT2D eigenvalue weighted by molar-refractivity contribution is -0.128. The first kappa shape index (κ1) is 14.8. The number of amides is 2. The molecule has 104 valence electrons. The van der Waals surface area contributed by atoms with Crippen molar-refractivity contribution >= 4 is 12.0 Å². The standard InChI is InChI=1S/C12H22N2O4/c1-12(2,3)18-11(17)14-7-8(15)5-6-9(14)10(16)13-4/h8-9,15H,5-7H2,1-4H3,(H,13,16)/t8-,9-/m0/s1. The summed E-state index contributed by atoms with van der Waals surface area (Å²) < 4.78 is 5.25. The van der Waals surface area contributed by atoms with Gasteiger partial charge in [0.25, 0.3) is 0 Å². The quantitative estimate of drug-likeness (QED) is 0.717. The van der Waals surface area contributed by atoms with Crippen LogP contribution < -0.4 is 5.32 Å². The molecule has 2 N–H and O–H groups in total. The monoisotopic (exact) mass is 258 g/mol. The van der Waals surface area contributed by atoms with Gasteiger partial charge in [-0.2, -0.15) is 0 Å². The van der Waals surface area contributed by atoms with Crippen LogP contribution in [0.3, 0.4) is 0 Å². The van der Waals surface area contributed by atoms with Gasteiger partial charge in [0.2, 0.25) is 5.91 Å². The number of carbonyl (C=O) groups excluding carboxylic acids is 2. The molecule has 0 bridgehead atoms. The van der Waals surface area contributed by atoms with Gasteiger partial charge in [0.15, 0.2) is 0 Å². The van der Waals surface area contributed by atoms with Crippen molar-refractivity contribution in [1.82, 2.24) is 10.2 Å². The van der Waals surface area contributed by atoms with Crippen molar-refractivity contribution in [2.45, 2.75) is 51.4 Å². The lowest BCUT2D eigenvalue weighted by Gasteiger charge is -2.37. The van der Waals surface area contributed by atoms with E-state index in [0.29, 0.717) is 12.8 Å². The van der Waals surface area contributed by atoms with Crippen LogP contribution in [0.4, 0.5) is 4.79 Å². The predicted molar refractivity (Wildman–Crippen MR) is 66.0 cm³/mol. The Morgan fingerprint density at radius 3 is 2.44 bits per heavy atom. The van der Waals surface area contributed by atoms with Crippen LogP contribution in [0, 0.1) is 0 Å². The van der Waals surface area contributed by atoms with Crippen molar-refractivity contribution in [3.63, 3.8) is 0 Å². The molecule has 2 amide bonds. The fraction of sp³-hybridized carbons (Fsp3) is 0.833. The Hall–Kier alpha value is -1.30. The summed E-state index contributed by atoms with van der Waals surface area (Å²) >= 11 is 0. The highest BCUT2D eigenvalue weighted by Gasteiger charge is 2.37. The zero-order valence-electron chi connectivity index (χ0n) is 11.4. The van der Waals surface area contributed by atoms with Crippen LogP contribution in [0.15, 0.2) is 0 Å². The van der Waals surface area contributed by atoms with Crippen LogP contribution in [-0.2, 0) is 9.53 Å². The van der Waals surface area contributed by atoms with Gasteiger partial charge in [-0.1, -0.05) is 0 Å². The third-order valence-electron chi connectivity index (χ3n) is 2.73. The van der Waals surface area contributed by atoms with Gasteiger partial charge in [0.05, 0.1) is 12.6 Å². The molecule has 1 aliphatic rings. The maximum atomic E-state index is 12.0. The Bertz CT molecular complexity index is 325. The molecule has 0 aromatic heterocycles. The number of aliphatic hydroxyl groups excluding tert-OH is 1. The summed E-state index contributed by atoms with van der Waals surface area (Å²) in [5.74, 6) is -0.229. The number of rotatable bonds is 1. The van der Waals surface area contributed by atoms with Crippen LogP contribution in [-0.4, -0.2) is 53.3 Å². The number of nitrogens with zero attached hydrogens (tertiary/aromatic N) is 1. The predicted octanol–water partition coefficient (Wildman–Crippen LogP) is 0.493. The Morgan fingerprint density at radius 1 is 1.33 bits per heavy atom. The van der Waals surface area contributed by atoms with E-state index in [4.69, 9.17) is 4.74 Å². The Morgan fingerprint density at radius 2 is 1.94 bits per heavy atom. The third kappa shape index (κ3) is 3.87. The van der Waals surface area contributed by atoms with Crippen LogP contribution in [0.25, 0.3) is 0 Å². The Kier molecular flexibility index (Phi) is 4.56.